The Morgan fingerprint density at radius 1 is 1.64 bits per heavy atom. The minimum absolute atomic E-state index is 0.0994. The van der Waals surface area contributed by atoms with Gasteiger partial charge in [-0.1, -0.05) is 5.16 Å². The molecule has 0 fully saturated rings. The van der Waals surface area contributed by atoms with Crippen molar-refractivity contribution in [1.29, 1.82) is 0 Å². The lowest BCUT2D eigenvalue weighted by atomic mass is 10.2. The van der Waals surface area contributed by atoms with Gasteiger partial charge < -0.3 is 10.3 Å². The standard InChI is InChI=1S/C7H8N2O2/c1-5-7(10)2-6(3-8-5)4-9-11/h2-4,10-11H,1H3/b9-4-. The minimum atomic E-state index is 0.0994. The second-order valence-electron chi connectivity index (χ2n) is 2.12. The average molecular weight is 152 g/mol. The molecular formula is C7H8N2O2. The van der Waals surface area contributed by atoms with Gasteiger partial charge in [0.15, 0.2) is 0 Å². The third-order valence-electron chi connectivity index (χ3n) is 1.29. The molecule has 0 amide bonds. The van der Waals surface area contributed by atoms with Gasteiger partial charge in [0.05, 0.1) is 11.9 Å². The Bertz CT molecular complexity index is 284. The van der Waals surface area contributed by atoms with E-state index < -0.39 is 0 Å². The van der Waals surface area contributed by atoms with Crippen LogP contribution in [0, 0.1) is 6.92 Å². The van der Waals surface area contributed by atoms with E-state index in [0.29, 0.717) is 11.3 Å². The third-order valence-corrected chi connectivity index (χ3v) is 1.29. The summed E-state index contributed by atoms with van der Waals surface area (Å²) in [6.45, 7) is 1.69. The highest BCUT2D eigenvalue weighted by atomic mass is 16.4. The van der Waals surface area contributed by atoms with Crippen molar-refractivity contribution in [2.75, 3.05) is 0 Å². The van der Waals surface area contributed by atoms with E-state index in [4.69, 9.17) is 10.3 Å². The summed E-state index contributed by atoms with van der Waals surface area (Å²) in [5, 5.41) is 20.1. The van der Waals surface area contributed by atoms with Crippen molar-refractivity contribution in [3.8, 4) is 5.75 Å². The van der Waals surface area contributed by atoms with Crippen LogP contribution < -0.4 is 0 Å². The normalized spacial score (nSPS) is 10.6. The van der Waals surface area contributed by atoms with Crippen LogP contribution in [0.3, 0.4) is 0 Å². The number of aromatic hydroxyl groups is 1. The number of pyridine rings is 1. The molecule has 11 heavy (non-hydrogen) atoms. The van der Waals surface area contributed by atoms with Crippen molar-refractivity contribution in [3.05, 3.63) is 23.5 Å². The third kappa shape index (κ3) is 1.67. The Kier molecular flexibility index (Phi) is 2.06. The topological polar surface area (TPSA) is 65.7 Å². The van der Waals surface area contributed by atoms with E-state index in [1.165, 1.54) is 18.5 Å². The van der Waals surface area contributed by atoms with Gasteiger partial charge in [-0.15, -0.1) is 0 Å². The summed E-state index contributed by atoms with van der Waals surface area (Å²) in [4.78, 5) is 3.84. The predicted molar refractivity (Wildman–Crippen MR) is 40.0 cm³/mol. The van der Waals surface area contributed by atoms with Crippen LogP contribution in [0.1, 0.15) is 11.3 Å². The molecule has 0 saturated carbocycles. The molecule has 0 spiro atoms. The fourth-order valence-electron chi connectivity index (χ4n) is 0.674. The van der Waals surface area contributed by atoms with Gasteiger partial charge in [0, 0.05) is 11.8 Å². The van der Waals surface area contributed by atoms with Crippen LogP contribution in [0.25, 0.3) is 0 Å². The van der Waals surface area contributed by atoms with Crippen LogP contribution in [-0.2, 0) is 0 Å². The van der Waals surface area contributed by atoms with Crippen LogP contribution in [0.2, 0.25) is 0 Å². The maximum Gasteiger partial charge on any atom is 0.137 e. The van der Waals surface area contributed by atoms with E-state index in [2.05, 4.69) is 10.1 Å². The summed E-state index contributed by atoms with van der Waals surface area (Å²) in [5.74, 6) is 0.0994. The first-order valence-electron chi connectivity index (χ1n) is 3.07. The van der Waals surface area contributed by atoms with Gasteiger partial charge in [-0.2, -0.15) is 0 Å². The van der Waals surface area contributed by atoms with Crippen molar-refractivity contribution >= 4 is 6.21 Å². The van der Waals surface area contributed by atoms with E-state index in [9.17, 15) is 0 Å². The fraction of sp³-hybridized carbons (Fsp3) is 0.143. The van der Waals surface area contributed by atoms with Crippen molar-refractivity contribution in [1.82, 2.24) is 4.98 Å². The zero-order valence-electron chi connectivity index (χ0n) is 6.02. The van der Waals surface area contributed by atoms with Crippen molar-refractivity contribution in [2.45, 2.75) is 6.92 Å². The second kappa shape index (κ2) is 3.01. The molecule has 0 aromatic carbocycles. The van der Waals surface area contributed by atoms with E-state index in [0.717, 1.165) is 0 Å². The largest absolute Gasteiger partial charge is 0.506 e. The second-order valence-corrected chi connectivity index (χ2v) is 2.12. The van der Waals surface area contributed by atoms with E-state index in [1.54, 1.807) is 6.92 Å². The highest BCUT2D eigenvalue weighted by Crippen LogP contribution is 2.12. The molecule has 0 aliphatic rings. The average Bonchev–Trinajstić information content (AvgIpc) is 1.98. The molecule has 1 rings (SSSR count). The first kappa shape index (κ1) is 7.53. The summed E-state index contributed by atoms with van der Waals surface area (Å²) >= 11 is 0. The molecule has 0 radical (unpaired) electrons. The van der Waals surface area contributed by atoms with Gasteiger partial charge in [0.1, 0.15) is 5.75 Å². The zero-order valence-corrected chi connectivity index (χ0v) is 6.02. The predicted octanol–water partition coefficient (Wildman–Crippen LogP) is 0.904. The molecule has 1 aromatic heterocycles. The maximum absolute atomic E-state index is 9.12. The molecule has 0 aliphatic carbocycles. The first-order valence-corrected chi connectivity index (χ1v) is 3.07. The highest BCUT2D eigenvalue weighted by Gasteiger charge is 1.96. The molecule has 0 atom stereocenters. The monoisotopic (exact) mass is 152 g/mol. The van der Waals surface area contributed by atoms with Crippen molar-refractivity contribution in [3.63, 3.8) is 0 Å². The lowest BCUT2D eigenvalue weighted by molar-refractivity contribution is 0.322. The van der Waals surface area contributed by atoms with E-state index in [-0.39, 0.29) is 5.75 Å². The number of aryl methyl sites for hydroxylation is 1. The lowest BCUT2D eigenvalue weighted by Crippen LogP contribution is -1.86. The SMILES string of the molecule is Cc1ncc(/C=N\O)cc1O. The van der Waals surface area contributed by atoms with Crippen LogP contribution >= 0.6 is 0 Å². The Morgan fingerprint density at radius 3 is 2.91 bits per heavy atom. The highest BCUT2D eigenvalue weighted by molar-refractivity contribution is 5.79. The van der Waals surface area contributed by atoms with Crippen LogP contribution in [0.5, 0.6) is 5.75 Å². The maximum atomic E-state index is 9.12. The van der Waals surface area contributed by atoms with E-state index >= 15 is 0 Å². The lowest BCUT2D eigenvalue weighted by Gasteiger charge is -1.96. The van der Waals surface area contributed by atoms with Crippen molar-refractivity contribution < 1.29 is 10.3 Å². The summed E-state index contributed by atoms with van der Waals surface area (Å²) in [5.41, 5.74) is 1.12. The number of rotatable bonds is 1. The fourth-order valence-corrected chi connectivity index (χ4v) is 0.674. The van der Waals surface area contributed by atoms with Gasteiger partial charge in [-0.3, -0.25) is 4.98 Å². The number of oxime groups is 1. The molecule has 0 aliphatic heterocycles. The number of hydrogen-bond acceptors (Lipinski definition) is 4. The molecule has 1 heterocycles. The molecule has 0 bridgehead atoms. The Labute approximate surface area is 63.8 Å². The Hall–Kier alpha value is -1.58. The van der Waals surface area contributed by atoms with E-state index in [1.807, 2.05) is 0 Å². The summed E-state index contributed by atoms with van der Waals surface area (Å²) in [6, 6.07) is 1.47. The minimum Gasteiger partial charge on any atom is -0.506 e. The number of aromatic nitrogens is 1. The van der Waals surface area contributed by atoms with Crippen LogP contribution in [0.4, 0.5) is 0 Å². The molecule has 0 unspecified atom stereocenters. The summed E-state index contributed by atoms with van der Waals surface area (Å²) in [6.07, 6.45) is 2.71. The molecule has 1 aromatic rings. The van der Waals surface area contributed by atoms with Gasteiger partial charge in [-0.25, -0.2) is 0 Å². The zero-order chi connectivity index (χ0) is 8.27. The molecule has 2 N–H and O–H groups in total. The van der Waals surface area contributed by atoms with Gasteiger partial charge in [0.2, 0.25) is 0 Å². The molecule has 0 saturated heterocycles. The summed E-state index contributed by atoms with van der Waals surface area (Å²) < 4.78 is 0. The molecule has 4 heteroatoms. The quantitative estimate of drug-likeness (QED) is 0.357. The molecule has 58 valence electrons. The van der Waals surface area contributed by atoms with Crippen LogP contribution in [0.15, 0.2) is 17.4 Å². The van der Waals surface area contributed by atoms with Crippen LogP contribution in [-0.4, -0.2) is 21.5 Å². The summed E-state index contributed by atoms with van der Waals surface area (Å²) in [7, 11) is 0. The van der Waals surface area contributed by atoms with Gasteiger partial charge in [0.25, 0.3) is 0 Å². The van der Waals surface area contributed by atoms with Crippen molar-refractivity contribution in [2.24, 2.45) is 5.16 Å². The van der Waals surface area contributed by atoms with Gasteiger partial charge in [-0.05, 0) is 13.0 Å². The number of hydrogen-bond donors (Lipinski definition) is 2. The van der Waals surface area contributed by atoms with Gasteiger partial charge >= 0.3 is 0 Å². The Morgan fingerprint density at radius 2 is 2.36 bits per heavy atom. The first-order chi connectivity index (χ1) is 5.24. The molecule has 4 nitrogen and oxygen atoms in total. The number of nitrogens with zero attached hydrogens (tertiary/aromatic N) is 2. The molecular weight excluding hydrogens is 144 g/mol. The smallest absolute Gasteiger partial charge is 0.137 e. The Balaban J connectivity index is 3.05.